The lowest BCUT2D eigenvalue weighted by molar-refractivity contribution is -0.348. The van der Waals surface area contributed by atoms with Gasteiger partial charge in [-0.3, -0.25) is 0 Å². The van der Waals surface area contributed by atoms with Gasteiger partial charge in [0.15, 0.2) is 5.41 Å². The van der Waals surface area contributed by atoms with E-state index in [1.807, 2.05) is 0 Å². The van der Waals surface area contributed by atoms with Gasteiger partial charge in [-0.25, -0.2) is 4.39 Å². The van der Waals surface area contributed by atoms with Gasteiger partial charge in [0, 0.05) is 5.41 Å². The fourth-order valence-corrected chi connectivity index (χ4v) is 2.70. The Morgan fingerprint density at radius 1 is 0.636 bits per heavy atom. The Morgan fingerprint density at radius 3 is 1.14 bits per heavy atom. The third-order valence-corrected chi connectivity index (χ3v) is 5.45. The topological polar surface area (TPSA) is 0 Å². The first-order chi connectivity index (χ1) is 9.34. The molecule has 22 heavy (non-hydrogen) atoms. The zero-order valence-corrected chi connectivity index (χ0v) is 14.0. The largest absolute Gasteiger partial charge is 0.402 e. The molecule has 0 radical (unpaired) electrons. The van der Waals surface area contributed by atoms with E-state index in [1.165, 1.54) is 34.6 Å². The van der Waals surface area contributed by atoms with Gasteiger partial charge >= 0.3 is 12.4 Å². The monoisotopic (exact) mass is 338 g/mol. The van der Waals surface area contributed by atoms with Crippen molar-refractivity contribution in [2.24, 2.45) is 22.7 Å². The summed E-state index contributed by atoms with van der Waals surface area (Å²) >= 11 is 0. The molecule has 0 aliphatic heterocycles. The SMILES string of the molecule is CC(C)C(C)(F)C(C)(CC(C)(C(F)(F)F)C(F)(F)F)C(C)C. The minimum atomic E-state index is -5.51. The molecule has 0 aromatic carbocycles. The van der Waals surface area contributed by atoms with Crippen molar-refractivity contribution in [3.8, 4) is 0 Å². The molecule has 0 saturated carbocycles. The van der Waals surface area contributed by atoms with Gasteiger partial charge in [0.2, 0.25) is 0 Å². The van der Waals surface area contributed by atoms with Crippen LogP contribution >= 0.6 is 0 Å². The average Bonchev–Trinajstić information content (AvgIpc) is 2.24. The highest BCUT2D eigenvalue weighted by atomic mass is 19.4. The zero-order chi connectivity index (χ0) is 18.4. The van der Waals surface area contributed by atoms with Crippen LogP contribution in [0.2, 0.25) is 0 Å². The summed E-state index contributed by atoms with van der Waals surface area (Å²) in [5.74, 6) is -1.42. The third kappa shape index (κ3) is 3.37. The summed E-state index contributed by atoms with van der Waals surface area (Å²) in [7, 11) is 0. The van der Waals surface area contributed by atoms with E-state index in [9.17, 15) is 26.3 Å². The van der Waals surface area contributed by atoms with Gasteiger partial charge in [-0.15, -0.1) is 0 Å². The van der Waals surface area contributed by atoms with Crippen molar-refractivity contribution in [1.29, 1.82) is 0 Å². The van der Waals surface area contributed by atoms with E-state index < -0.39 is 47.1 Å². The Morgan fingerprint density at radius 2 is 0.955 bits per heavy atom. The predicted octanol–water partition coefficient (Wildman–Crippen LogP) is 6.55. The number of rotatable bonds is 5. The summed E-state index contributed by atoms with van der Waals surface area (Å²) in [5, 5.41) is 0. The van der Waals surface area contributed by atoms with Gasteiger partial charge in [0.1, 0.15) is 5.67 Å². The maximum Gasteiger partial charge on any atom is 0.402 e. The quantitative estimate of drug-likeness (QED) is 0.498. The molecule has 7 heteroatoms. The Hall–Kier alpha value is -0.490. The molecular formula is C15H25F7. The molecule has 0 rings (SSSR count). The van der Waals surface area contributed by atoms with E-state index in [2.05, 4.69) is 0 Å². The van der Waals surface area contributed by atoms with E-state index in [0.717, 1.165) is 6.92 Å². The first-order valence-corrected chi connectivity index (χ1v) is 7.17. The highest BCUT2D eigenvalue weighted by Crippen LogP contribution is 2.60. The summed E-state index contributed by atoms with van der Waals surface area (Å²) in [6, 6.07) is 0. The van der Waals surface area contributed by atoms with Crippen molar-refractivity contribution in [2.45, 2.75) is 72.9 Å². The first kappa shape index (κ1) is 21.5. The summed E-state index contributed by atoms with van der Waals surface area (Å²) in [6.45, 7) is 8.20. The lowest BCUT2D eigenvalue weighted by atomic mass is 9.57. The number of halogens is 7. The van der Waals surface area contributed by atoms with Crippen LogP contribution in [0.4, 0.5) is 30.7 Å². The van der Waals surface area contributed by atoms with Gasteiger partial charge in [-0.2, -0.15) is 26.3 Å². The van der Waals surface area contributed by atoms with Crippen molar-refractivity contribution in [3.63, 3.8) is 0 Å². The molecule has 0 amide bonds. The zero-order valence-electron chi connectivity index (χ0n) is 14.0. The van der Waals surface area contributed by atoms with Crippen LogP contribution < -0.4 is 0 Å². The van der Waals surface area contributed by atoms with Crippen molar-refractivity contribution >= 4 is 0 Å². The molecule has 2 unspecified atom stereocenters. The third-order valence-electron chi connectivity index (χ3n) is 5.45. The number of hydrogen-bond acceptors (Lipinski definition) is 0. The molecule has 0 aliphatic rings. The molecule has 0 aliphatic carbocycles. The summed E-state index contributed by atoms with van der Waals surface area (Å²) in [6.07, 6.45) is -12.4. The average molecular weight is 338 g/mol. The maximum absolute atomic E-state index is 15.1. The minimum Gasteiger partial charge on any atom is -0.243 e. The normalized spacial score (nSPS) is 20.2. The second-order valence-electron chi connectivity index (χ2n) is 7.31. The van der Waals surface area contributed by atoms with E-state index in [4.69, 9.17) is 0 Å². The molecule has 0 saturated heterocycles. The smallest absolute Gasteiger partial charge is 0.243 e. The van der Waals surface area contributed by atoms with Crippen molar-refractivity contribution in [3.05, 3.63) is 0 Å². The van der Waals surface area contributed by atoms with Crippen LogP contribution in [0.25, 0.3) is 0 Å². The van der Waals surface area contributed by atoms with Gasteiger partial charge < -0.3 is 0 Å². The van der Waals surface area contributed by atoms with Crippen LogP contribution in [0.1, 0.15) is 54.9 Å². The summed E-state index contributed by atoms with van der Waals surface area (Å²) in [5.41, 5.74) is -7.93. The second-order valence-corrected chi connectivity index (χ2v) is 7.31. The molecule has 0 nitrogen and oxygen atoms in total. The molecular weight excluding hydrogens is 313 g/mol. The Balaban J connectivity index is 6.16. The van der Waals surface area contributed by atoms with Gasteiger partial charge in [-0.05, 0) is 32.1 Å². The fourth-order valence-electron chi connectivity index (χ4n) is 2.70. The molecule has 0 N–H and O–H groups in total. The van der Waals surface area contributed by atoms with Crippen LogP contribution in [0, 0.1) is 22.7 Å². The number of alkyl halides is 7. The van der Waals surface area contributed by atoms with Crippen LogP contribution in [0.15, 0.2) is 0 Å². The van der Waals surface area contributed by atoms with Crippen LogP contribution in [-0.4, -0.2) is 18.0 Å². The van der Waals surface area contributed by atoms with E-state index >= 15 is 4.39 Å². The molecule has 2 atom stereocenters. The molecule has 0 heterocycles. The molecule has 0 fully saturated rings. The highest BCUT2D eigenvalue weighted by Gasteiger charge is 2.70. The fraction of sp³-hybridized carbons (Fsp3) is 1.00. The minimum absolute atomic E-state index is 0.115. The summed E-state index contributed by atoms with van der Waals surface area (Å²) < 4.78 is 93.9. The van der Waals surface area contributed by atoms with Gasteiger partial charge in [-0.1, -0.05) is 34.6 Å². The Kier molecular flexibility index (Phi) is 5.73. The lowest BCUT2D eigenvalue weighted by Crippen LogP contribution is -2.57. The van der Waals surface area contributed by atoms with Crippen LogP contribution in [0.5, 0.6) is 0 Å². The van der Waals surface area contributed by atoms with E-state index in [-0.39, 0.29) is 6.92 Å². The van der Waals surface area contributed by atoms with Crippen molar-refractivity contribution in [1.82, 2.24) is 0 Å². The Labute approximate surface area is 127 Å². The predicted molar refractivity (Wildman–Crippen MR) is 72.1 cm³/mol. The van der Waals surface area contributed by atoms with Crippen LogP contribution in [-0.2, 0) is 0 Å². The highest BCUT2D eigenvalue weighted by molar-refractivity contribution is 5.04. The molecule has 0 aromatic rings. The standard InChI is InChI=1S/C15H25F7/c1-9(2)11(5,13(7,16)10(3)4)8-12(6,14(17,18)19)15(20,21)22/h9-10H,8H2,1-7H3. The van der Waals surface area contributed by atoms with Crippen LogP contribution in [0.3, 0.4) is 0 Å². The Bertz CT molecular complexity index is 362. The summed E-state index contributed by atoms with van der Waals surface area (Å²) in [4.78, 5) is 0. The van der Waals surface area contributed by atoms with Gasteiger partial charge in [0.05, 0.1) is 0 Å². The van der Waals surface area contributed by atoms with E-state index in [1.54, 1.807) is 0 Å². The number of hydrogen-bond donors (Lipinski definition) is 0. The molecule has 0 spiro atoms. The molecule has 134 valence electrons. The van der Waals surface area contributed by atoms with E-state index in [0.29, 0.717) is 0 Å². The lowest BCUT2D eigenvalue weighted by Gasteiger charge is -2.51. The van der Waals surface area contributed by atoms with Crippen molar-refractivity contribution in [2.75, 3.05) is 0 Å². The van der Waals surface area contributed by atoms with Gasteiger partial charge in [0.25, 0.3) is 0 Å². The second kappa shape index (κ2) is 5.86. The van der Waals surface area contributed by atoms with Crippen molar-refractivity contribution < 1.29 is 30.7 Å². The maximum atomic E-state index is 15.1. The molecule has 0 bridgehead atoms. The first-order valence-electron chi connectivity index (χ1n) is 7.17. The molecule has 0 aromatic heterocycles.